The number of nitrogens with one attached hydrogen (secondary N) is 2. The molecule has 2 N–H and O–H groups in total. The van der Waals surface area contributed by atoms with Crippen molar-refractivity contribution in [2.24, 2.45) is 0 Å². The predicted molar refractivity (Wildman–Crippen MR) is 36.6 cm³/mol. The molecule has 46 valence electrons. The lowest BCUT2D eigenvalue weighted by Crippen LogP contribution is -1.93. The Morgan fingerprint density at radius 2 is 2.67 bits per heavy atom. The first kappa shape index (κ1) is 4.49. The molecule has 0 saturated carbocycles. The van der Waals surface area contributed by atoms with Gasteiger partial charge in [-0.3, -0.25) is 5.41 Å². The van der Waals surface area contributed by atoms with E-state index < -0.39 is 0 Å². The van der Waals surface area contributed by atoms with Gasteiger partial charge in [0.05, 0.1) is 7.71 Å². The molecule has 1 rings (SSSR count). The number of hydrogen-bond donors (Lipinski definition) is 2. The third-order valence-electron chi connectivity index (χ3n) is 0.830. The van der Waals surface area contributed by atoms with Crippen molar-refractivity contribution in [1.29, 1.82) is 5.41 Å². The van der Waals surface area contributed by atoms with E-state index in [2.05, 4.69) is 10.3 Å². The molecule has 0 aromatic carbocycles. The third-order valence-corrected chi connectivity index (χ3v) is 0.830. The lowest BCUT2D eigenvalue weighted by molar-refractivity contribution is 1.32. The van der Waals surface area contributed by atoms with Crippen molar-refractivity contribution in [3.63, 3.8) is 0 Å². The van der Waals surface area contributed by atoms with Crippen LogP contribution >= 0.6 is 0 Å². The topological polar surface area (TPSA) is 48.8 Å². The number of anilines is 1. The Hall–Kier alpha value is -1.38. The Labute approximate surface area is 54.7 Å². The number of pyridine rings is 1. The van der Waals surface area contributed by atoms with E-state index in [1.807, 2.05) is 0 Å². The first-order valence-corrected chi connectivity index (χ1v) is 2.52. The van der Waals surface area contributed by atoms with Crippen LogP contribution in [0.4, 0.5) is 5.82 Å². The standard InChI is InChI=1S/C6H7N3/c7-5-9-6-3-1-2-4-8-6/h1-5H,(H2,7,8,9)/i4T. The predicted octanol–water partition coefficient (Wildman–Crippen LogP) is 1.10. The van der Waals surface area contributed by atoms with Crippen LogP contribution < -0.4 is 5.32 Å². The van der Waals surface area contributed by atoms with Gasteiger partial charge in [0, 0.05) is 6.17 Å². The van der Waals surface area contributed by atoms with Crippen LogP contribution in [-0.2, 0) is 0 Å². The first-order chi connectivity index (χ1) is 4.83. The Morgan fingerprint density at radius 1 is 1.78 bits per heavy atom. The van der Waals surface area contributed by atoms with Crippen molar-refractivity contribution in [3.05, 3.63) is 24.4 Å². The maximum atomic E-state index is 7.09. The van der Waals surface area contributed by atoms with E-state index >= 15 is 0 Å². The molecule has 1 heterocycles. The third kappa shape index (κ3) is 1.53. The fourth-order valence-electron chi connectivity index (χ4n) is 0.481. The van der Waals surface area contributed by atoms with Gasteiger partial charge in [0.25, 0.3) is 0 Å². The van der Waals surface area contributed by atoms with Crippen molar-refractivity contribution in [2.75, 3.05) is 5.32 Å². The molecule has 3 nitrogen and oxygen atoms in total. The molecular formula is C6H7N3. The maximum absolute atomic E-state index is 7.09. The molecule has 0 saturated heterocycles. The lowest BCUT2D eigenvalue weighted by Gasteiger charge is -1.93. The van der Waals surface area contributed by atoms with E-state index in [0.717, 1.165) is 6.34 Å². The highest BCUT2D eigenvalue weighted by Gasteiger charge is 1.82. The Balaban J connectivity index is 2.84. The SMILES string of the molecule is [3H]c1cccc(NC=N)n1. The first-order valence-electron chi connectivity index (χ1n) is 3.02. The van der Waals surface area contributed by atoms with Crippen LogP contribution in [0, 0.1) is 5.41 Å². The average molecular weight is 123 g/mol. The van der Waals surface area contributed by atoms with Crippen LogP contribution in [0.1, 0.15) is 1.37 Å². The molecule has 0 fully saturated rings. The summed E-state index contributed by atoms with van der Waals surface area (Å²) < 4.78 is 7.09. The molecule has 0 spiro atoms. The zero-order chi connectivity index (χ0) is 7.40. The Morgan fingerprint density at radius 3 is 3.33 bits per heavy atom. The van der Waals surface area contributed by atoms with Crippen LogP contribution in [0.3, 0.4) is 0 Å². The van der Waals surface area contributed by atoms with E-state index in [9.17, 15) is 0 Å². The lowest BCUT2D eigenvalue weighted by atomic mass is 10.5. The van der Waals surface area contributed by atoms with Gasteiger partial charge in [-0.2, -0.15) is 0 Å². The zero-order valence-electron chi connectivity index (χ0n) is 5.76. The van der Waals surface area contributed by atoms with Crippen molar-refractivity contribution in [1.82, 2.24) is 4.98 Å². The molecule has 0 aliphatic rings. The number of hydrogen-bond acceptors (Lipinski definition) is 2. The minimum absolute atomic E-state index is 0.201. The molecule has 0 amide bonds. The summed E-state index contributed by atoms with van der Waals surface area (Å²) in [6.07, 6.45) is 1.23. The number of nitrogens with zero attached hydrogens (tertiary/aromatic N) is 1. The molecule has 0 aliphatic carbocycles. The molecule has 0 aliphatic heterocycles. The summed E-state index contributed by atoms with van der Waals surface area (Å²) in [5, 5.41) is 9.23. The summed E-state index contributed by atoms with van der Waals surface area (Å²) in [5.41, 5.74) is 0. The second-order valence-electron chi connectivity index (χ2n) is 1.44. The second-order valence-corrected chi connectivity index (χ2v) is 1.44. The van der Waals surface area contributed by atoms with Crippen LogP contribution in [0.5, 0.6) is 0 Å². The second kappa shape index (κ2) is 2.81. The van der Waals surface area contributed by atoms with E-state index in [0.29, 0.717) is 5.82 Å². The minimum atomic E-state index is 0.201. The highest BCUT2D eigenvalue weighted by molar-refractivity contribution is 5.70. The summed E-state index contributed by atoms with van der Waals surface area (Å²) in [6, 6.07) is 4.99. The molecule has 0 unspecified atom stereocenters. The quantitative estimate of drug-likeness (QED) is 0.457. The Bertz CT molecular complexity index is 236. The van der Waals surface area contributed by atoms with Crippen molar-refractivity contribution in [3.8, 4) is 0 Å². The van der Waals surface area contributed by atoms with Gasteiger partial charge in [-0.15, -0.1) is 0 Å². The highest BCUT2D eigenvalue weighted by Crippen LogP contribution is 1.95. The summed E-state index contributed by atoms with van der Waals surface area (Å²) in [5.74, 6) is 0.530. The summed E-state index contributed by atoms with van der Waals surface area (Å²) in [4.78, 5) is 3.77. The van der Waals surface area contributed by atoms with Gasteiger partial charge in [0.1, 0.15) is 5.82 Å². The van der Waals surface area contributed by atoms with Gasteiger partial charge in [-0.05, 0) is 12.1 Å². The van der Waals surface area contributed by atoms with Gasteiger partial charge >= 0.3 is 0 Å². The fraction of sp³-hybridized carbons (Fsp3) is 0. The molecule has 0 radical (unpaired) electrons. The molecule has 1 aromatic heterocycles. The van der Waals surface area contributed by atoms with Crippen LogP contribution in [-0.4, -0.2) is 11.3 Å². The van der Waals surface area contributed by atoms with Gasteiger partial charge in [0.2, 0.25) is 0 Å². The van der Waals surface area contributed by atoms with E-state index in [4.69, 9.17) is 6.78 Å². The van der Waals surface area contributed by atoms with Crippen molar-refractivity contribution < 1.29 is 1.37 Å². The molecule has 0 atom stereocenters. The summed E-state index contributed by atoms with van der Waals surface area (Å²) in [7, 11) is 0. The van der Waals surface area contributed by atoms with E-state index in [1.165, 1.54) is 0 Å². The van der Waals surface area contributed by atoms with E-state index in [-0.39, 0.29) is 6.17 Å². The van der Waals surface area contributed by atoms with E-state index in [1.54, 1.807) is 18.2 Å². The highest BCUT2D eigenvalue weighted by atomic mass is 15.0. The van der Waals surface area contributed by atoms with Crippen LogP contribution in [0.2, 0.25) is 0 Å². The maximum Gasteiger partial charge on any atom is 0.130 e. The molecule has 0 bridgehead atoms. The van der Waals surface area contributed by atoms with Crippen molar-refractivity contribution >= 4 is 12.2 Å². The number of aromatic nitrogens is 1. The Kier molecular flexibility index (Phi) is 1.41. The van der Waals surface area contributed by atoms with Gasteiger partial charge in [0.15, 0.2) is 0 Å². The van der Waals surface area contributed by atoms with Crippen LogP contribution in [0.25, 0.3) is 0 Å². The van der Waals surface area contributed by atoms with Gasteiger partial charge in [-0.25, -0.2) is 4.98 Å². The minimum Gasteiger partial charge on any atom is -0.332 e. The van der Waals surface area contributed by atoms with Gasteiger partial charge in [-0.1, -0.05) is 6.07 Å². The molecular weight excluding hydrogens is 114 g/mol. The normalized spacial score (nSPS) is 10.0. The molecule has 9 heavy (non-hydrogen) atoms. The van der Waals surface area contributed by atoms with Gasteiger partial charge < -0.3 is 5.32 Å². The fourth-order valence-corrected chi connectivity index (χ4v) is 0.481. The smallest absolute Gasteiger partial charge is 0.130 e. The van der Waals surface area contributed by atoms with Crippen molar-refractivity contribution in [2.45, 2.75) is 0 Å². The van der Waals surface area contributed by atoms with Crippen LogP contribution in [0.15, 0.2) is 24.4 Å². The number of rotatable bonds is 2. The average Bonchev–Trinajstić information content (AvgIpc) is 1.88. The summed E-state index contributed by atoms with van der Waals surface area (Å²) >= 11 is 0. The summed E-state index contributed by atoms with van der Waals surface area (Å²) in [6.45, 7) is 0. The monoisotopic (exact) mass is 123 g/mol. The molecule has 3 heteroatoms. The molecule has 1 aromatic rings. The zero-order valence-corrected chi connectivity index (χ0v) is 4.76. The largest absolute Gasteiger partial charge is 0.332 e.